The first-order valence-corrected chi connectivity index (χ1v) is 13.1. The minimum atomic E-state index is -4.60. The number of halogens is 2. The van der Waals surface area contributed by atoms with Crippen LogP contribution in [0.1, 0.15) is 11.1 Å². The molecule has 0 aliphatic rings. The summed E-state index contributed by atoms with van der Waals surface area (Å²) in [7, 11) is -9.20. The van der Waals surface area contributed by atoms with E-state index in [0.717, 1.165) is 0 Å². The molecule has 35 heavy (non-hydrogen) atoms. The number of nitrogens with zero attached hydrogens (tertiary/aromatic N) is 1. The van der Waals surface area contributed by atoms with Crippen LogP contribution in [0.15, 0.2) is 58.3 Å². The Morgan fingerprint density at radius 2 is 1.31 bits per heavy atom. The van der Waals surface area contributed by atoms with Crippen molar-refractivity contribution in [1.82, 2.24) is 4.98 Å². The number of benzene rings is 3. The Bertz CT molecular complexity index is 1760. The molecule has 182 valence electrons. The summed E-state index contributed by atoms with van der Waals surface area (Å²) in [6.07, 6.45) is 0. The van der Waals surface area contributed by atoms with Gasteiger partial charge >= 0.3 is 0 Å². The molecular weight excluding hydrogens is 500 g/mol. The van der Waals surface area contributed by atoms with E-state index in [4.69, 9.17) is 10.3 Å². The summed E-state index contributed by atoms with van der Waals surface area (Å²) in [5.74, 6) is -2.03. The summed E-state index contributed by atoms with van der Waals surface area (Å²) >= 11 is 0. The summed E-state index contributed by atoms with van der Waals surface area (Å²) in [6.45, 7) is 2.92. The monoisotopic (exact) mass is 519 g/mol. The Morgan fingerprint density at radius 1 is 0.800 bits per heavy atom. The van der Waals surface area contributed by atoms with Crippen molar-refractivity contribution < 1.29 is 30.7 Å². The number of phenolic OH excluding ortho intramolecular Hbond substituents is 1. The van der Waals surface area contributed by atoms with Crippen LogP contribution < -0.4 is 10.3 Å². The zero-order valence-corrected chi connectivity index (χ0v) is 20.0. The molecule has 1 heterocycles. The molecule has 0 saturated carbocycles. The van der Waals surface area contributed by atoms with Gasteiger partial charge in [0, 0.05) is 21.9 Å². The van der Waals surface area contributed by atoms with Gasteiger partial charge in [-0.25, -0.2) is 40.9 Å². The van der Waals surface area contributed by atoms with Gasteiger partial charge in [-0.2, -0.15) is 0 Å². The van der Waals surface area contributed by atoms with Crippen LogP contribution in [0, 0.1) is 25.5 Å². The van der Waals surface area contributed by atoms with Gasteiger partial charge in [-0.1, -0.05) is 24.3 Å². The van der Waals surface area contributed by atoms with Crippen LogP contribution in [0.4, 0.5) is 8.78 Å². The Hall–Kier alpha value is -3.45. The molecule has 4 rings (SSSR count). The Labute approximate surface area is 200 Å². The predicted octanol–water partition coefficient (Wildman–Crippen LogP) is 3.46. The molecule has 0 saturated heterocycles. The van der Waals surface area contributed by atoms with Crippen molar-refractivity contribution in [1.29, 1.82) is 0 Å². The van der Waals surface area contributed by atoms with E-state index in [-0.39, 0.29) is 44.4 Å². The maximum atomic E-state index is 14.5. The number of hydrogen-bond acceptors (Lipinski definition) is 6. The lowest BCUT2D eigenvalue weighted by molar-refractivity contribution is 0.465. The minimum Gasteiger partial charge on any atom is -0.506 e. The molecule has 0 unspecified atom stereocenters. The number of rotatable bonds is 4. The van der Waals surface area contributed by atoms with E-state index in [1.807, 2.05) is 0 Å². The van der Waals surface area contributed by atoms with Gasteiger partial charge in [0.2, 0.25) is 20.0 Å². The van der Waals surface area contributed by atoms with Crippen molar-refractivity contribution >= 4 is 30.8 Å². The van der Waals surface area contributed by atoms with Crippen molar-refractivity contribution in [2.45, 2.75) is 23.6 Å². The van der Waals surface area contributed by atoms with Crippen molar-refractivity contribution in [3.63, 3.8) is 0 Å². The van der Waals surface area contributed by atoms with E-state index in [1.165, 1.54) is 56.3 Å². The molecule has 0 fully saturated rings. The van der Waals surface area contributed by atoms with Gasteiger partial charge < -0.3 is 5.11 Å². The van der Waals surface area contributed by atoms with Gasteiger partial charge in [-0.3, -0.25) is 0 Å². The van der Waals surface area contributed by atoms with E-state index >= 15 is 0 Å². The topological polar surface area (TPSA) is 153 Å². The maximum absolute atomic E-state index is 14.5. The maximum Gasteiger partial charge on any atom is 0.241 e. The number of sulfonamides is 2. The fraction of sp³-hybridized carbons (Fsp3) is 0.0870. The van der Waals surface area contributed by atoms with Crippen LogP contribution in [-0.4, -0.2) is 26.9 Å². The third-order valence-corrected chi connectivity index (χ3v) is 7.56. The van der Waals surface area contributed by atoms with Gasteiger partial charge in [-0.15, -0.1) is 0 Å². The highest BCUT2D eigenvalue weighted by Gasteiger charge is 2.28. The van der Waals surface area contributed by atoms with Gasteiger partial charge in [0.25, 0.3) is 0 Å². The molecule has 8 nitrogen and oxygen atoms in total. The van der Waals surface area contributed by atoms with Crippen LogP contribution in [0.3, 0.4) is 0 Å². The number of pyridine rings is 1. The fourth-order valence-electron chi connectivity index (χ4n) is 3.90. The molecule has 12 heteroatoms. The molecule has 4 aromatic rings. The van der Waals surface area contributed by atoms with Crippen molar-refractivity contribution in [3.8, 4) is 28.3 Å². The van der Waals surface area contributed by atoms with Crippen molar-refractivity contribution in [2.24, 2.45) is 10.3 Å². The lowest BCUT2D eigenvalue weighted by Gasteiger charge is -2.18. The molecule has 0 aliphatic carbocycles. The van der Waals surface area contributed by atoms with E-state index in [2.05, 4.69) is 4.98 Å². The number of hydrogen-bond donors (Lipinski definition) is 3. The van der Waals surface area contributed by atoms with Crippen molar-refractivity contribution in [3.05, 3.63) is 71.3 Å². The lowest BCUT2D eigenvalue weighted by Crippen LogP contribution is -2.17. The summed E-state index contributed by atoms with van der Waals surface area (Å²) in [5, 5.41) is 21.0. The smallest absolute Gasteiger partial charge is 0.241 e. The highest BCUT2D eigenvalue weighted by atomic mass is 32.2. The highest BCUT2D eigenvalue weighted by molar-refractivity contribution is 7.90. The van der Waals surface area contributed by atoms with Gasteiger partial charge in [0.1, 0.15) is 22.3 Å². The zero-order valence-electron chi connectivity index (χ0n) is 18.4. The molecule has 5 N–H and O–H groups in total. The van der Waals surface area contributed by atoms with Crippen molar-refractivity contribution in [2.75, 3.05) is 0 Å². The summed E-state index contributed by atoms with van der Waals surface area (Å²) < 4.78 is 78.2. The quantitative estimate of drug-likeness (QED) is 0.375. The van der Waals surface area contributed by atoms with Crippen LogP contribution >= 0.6 is 0 Å². The average Bonchev–Trinajstić information content (AvgIpc) is 2.75. The number of aromatic nitrogens is 1. The summed E-state index contributed by atoms with van der Waals surface area (Å²) in [6, 6.07) is 10.1. The molecule has 0 amide bonds. The summed E-state index contributed by atoms with van der Waals surface area (Å²) in [5.41, 5.74) is 0.673. The van der Waals surface area contributed by atoms with Gasteiger partial charge in [0.15, 0.2) is 0 Å². The van der Waals surface area contributed by atoms with E-state index in [0.29, 0.717) is 6.07 Å². The molecule has 0 spiro atoms. The average molecular weight is 520 g/mol. The first-order valence-electron chi connectivity index (χ1n) is 9.99. The molecular formula is C23H19F2N3O5S2. The zero-order chi connectivity index (χ0) is 25.9. The summed E-state index contributed by atoms with van der Waals surface area (Å²) in [4.78, 5) is 2.93. The standard InChI is InChI=1S/C23H19F2N3O5S2/c1-11-13(5-3-7-16(11)24)18-9-15-21(22(28-18)14-6-4-8-17(25)12(14)2)19(34(26,30)31)10-20(23(15)29)35(27,32)33/h3-10,29H,1-2H3,(H2,26,30,31)(H2,27,32,33). The predicted molar refractivity (Wildman–Crippen MR) is 126 cm³/mol. The normalized spacial score (nSPS) is 12.3. The van der Waals surface area contributed by atoms with E-state index in [1.54, 1.807) is 0 Å². The SMILES string of the molecule is Cc1c(F)cccc1-c1cc2c(O)c(S(N)(=O)=O)cc(S(N)(=O)=O)c2c(-c2cccc(F)c2C)n1. The highest BCUT2D eigenvalue weighted by Crippen LogP contribution is 2.43. The molecule has 0 aliphatic heterocycles. The number of fused-ring (bicyclic) bond motifs is 1. The van der Waals surface area contributed by atoms with Gasteiger partial charge in [-0.05, 0) is 49.2 Å². The van der Waals surface area contributed by atoms with Crippen LogP contribution in [0.25, 0.3) is 33.3 Å². The second-order valence-electron chi connectivity index (χ2n) is 7.91. The second kappa shape index (κ2) is 8.34. The molecule has 0 atom stereocenters. The molecule has 3 aromatic carbocycles. The largest absolute Gasteiger partial charge is 0.506 e. The van der Waals surface area contributed by atoms with Crippen LogP contribution in [-0.2, 0) is 20.0 Å². The first kappa shape index (κ1) is 24.7. The lowest BCUT2D eigenvalue weighted by atomic mass is 9.96. The first-order chi connectivity index (χ1) is 16.2. The van der Waals surface area contributed by atoms with E-state index in [9.17, 15) is 30.7 Å². The number of aromatic hydroxyl groups is 1. The number of nitrogens with two attached hydrogens (primary N) is 2. The third-order valence-electron chi connectivity index (χ3n) is 5.70. The number of phenols is 1. The second-order valence-corrected chi connectivity index (χ2v) is 11.0. The van der Waals surface area contributed by atoms with Crippen LogP contribution in [0.2, 0.25) is 0 Å². The number of primary sulfonamides is 2. The Kier molecular flexibility index (Phi) is 5.88. The fourth-order valence-corrected chi connectivity index (χ4v) is 5.41. The third kappa shape index (κ3) is 4.25. The minimum absolute atomic E-state index is 0.0652. The van der Waals surface area contributed by atoms with Crippen LogP contribution in [0.5, 0.6) is 5.75 Å². The Balaban J connectivity index is 2.33. The van der Waals surface area contributed by atoms with Gasteiger partial charge in [0.05, 0.1) is 16.3 Å². The molecule has 1 aromatic heterocycles. The Morgan fingerprint density at radius 3 is 1.86 bits per heavy atom. The van der Waals surface area contributed by atoms with E-state index < -0.39 is 47.2 Å². The molecule has 0 bridgehead atoms. The molecule has 0 radical (unpaired) electrons.